The lowest BCUT2D eigenvalue weighted by atomic mass is 10.1. The number of benzene rings is 2. The van der Waals surface area contributed by atoms with Crippen molar-refractivity contribution < 1.29 is 9.59 Å². The van der Waals surface area contributed by atoms with Crippen LogP contribution in [0.5, 0.6) is 0 Å². The van der Waals surface area contributed by atoms with Gasteiger partial charge in [0.15, 0.2) is 0 Å². The molecule has 2 aromatic carbocycles. The molecular formula is C26H27N3O2S. The molecule has 0 saturated heterocycles. The number of amides is 2. The van der Waals surface area contributed by atoms with Gasteiger partial charge in [0.05, 0.1) is 11.3 Å². The minimum Gasteiger partial charge on any atom is -0.372 e. The number of nitrogens with zero attached hydrogens (tertiary/aromatic N) is 2. The maximum atomic E-state index is 13.5. The minimum absolute atomic E-state index is 0.305. The fourth-order valence-corrected chi connectivity index (χ4v) is 4.67. The largest absolute Gasteiger partial charge is 0.372 e. The highest BCUT2D eigenvalue weighted by molar-refractivity contribution is 7.11. The van der Waals surface area contributed by atoms with Crippen LogP contribution in [-0.4, -0.2) is 24.9 Å². The predicted octanol–water partition coefficient (Wildman–Crippen LogP) is 5.55. The van der Waals surface area contributed by atoms with Gasteiger partial charge < -0.3 is 10.2 Å². The SMILES string of the molecule is CCc1ccc(NC2=C(c3cccs3)C(=O)N(c3ccc(N(CC)CC)cc3)C2=O)cc1. The standard InChI is InChI=1S/C26H27N3O2S/c1-4-18-9-11-19(12-10-18)27-24-23(22-8-7-17-32-22)25(30)29(26(24)31)21-15-13-20(14-16-21)28(5-2)6-3/h7-17,27H,4-6H2,1-3H3. The van der Waals surface area contributed by atoms with E-state index in [0.717, 1.165) is 35.8 Å². The van der Waals surface area contributed by atoms with E-state index in [0.29, 0.717) is 17.0 Å². The lowest BCUT2D eigenvalue weighted by Crippen LogP contribution is -2.32. The molecule has 1 aromatic heterocycles. The van der Waals surface area contributed by atoms with E-state index in [1.807, 2.05) is 66.0 Å². The van der Waals surface area contributed by atoms with Gasteiger partial charge in [0, 0.05) is 29.3 Å². The number of imide groups is 1. The first kappa shape index (κ1) is 21.8. The summed E-state index contributed by atoms with van der Waals surface area (Å²) in [7, 11) is 0. The van der Waals surface area contributed by atoms with Gasteiger partial charge in [0.1, 0.15) is 5.70 Å². The Labute approximate surface area is 193 Å². The average Bonchev–Trinajstić information content (AvgIpc) is 3.42. The molecular weight excluding hydrogens is 418 g/mol. The van der Waals surface area contributed by atoms with Gasteiger partial charge in [0.25, 0.3) is 11.8 Å². The third-order valence-electron chi connectivity index (χ3n) is 5.72. The zero-order valence-electron chi connectivity index (χ0n) is 18.6. The van der Waals surface area contributed by atoms with Gasteiger partial charge in [-0.3, -0.25) is 9.59 Å². The van der Waals surface area contributed by atoms with Crippen LogP contribution in [0.3, 0.4) is 0 Å². The maximum Gasteiger partial charge on any atom is 0.282 e. The van der Waals surface area contributed by atoms with E-state index in [1.165, 1.54) is 21.8 Å². The molecule has 0 bridgehead atoms. The quantitative estimate of drug-likeness (QED) is 0.462. The fraction of sp³-hybridized carbons (Fsp3) is 0.231. The Bertz CT molecular complexity index is 1130. The molecule has 164 valence electrons. The van der Waals surface area contributed by atoms with E-state index in [9.17, 15) is 9.59 Å². The number of hydrogen-bond donors (Lipinski definition) is 1. The Morgan fingerprint density at radius 1 is 0.875 bits per heavy atom. The number of thiophene rings is 1. The van der Waals surface area contributed by atoms with Crippen LogP contribution in [0, 0.1) is 0 Å². The van der Waals surface area contributed by atoms with Crippen molar-refractivity contribution in [1.82, 2.24) is 0 Å². The lowest BCUT2D eigenvalue weighted by molar-refractivity contribution is -0.120. The van der Waals surface area contributed by atoms with Crippen LogP contribution in [-0.2, 0) is 16.0 Å². The second-order valence-corrected chi connectivity index (χ2v) is 8.48. The van der Waals surface area contributed by atoms with Crippen LogP contribution in [0.1, 0.15) is 31.2 Å². The van der Waals surface area contributed by atoms with Gasteiger partial charge in [-0.2, -0.15) is 0 Å². The Morgan fingerprint density at radius 2 is 1.56 bits per heavy atom. The first-order valence-electron chi connectivity index (χ1n) is 10.9. The smallest absolute Gasteiger partial charge is 0.282 e. The van der Waals surface area contributed by atoms with Crippen molar-refractivity contribution in [2.75, 3.05) is 28.2 Å². The van der Waals surface area contributed by atoms with E-state index in [1.54, 1.807) is 0 Å². The molecule has 1 aliphatic rings. The lowest BCUT2D eigenvalue weighted by Gasteiger charge is -2.22. The van der Waals surface area contributed by atoms with E-state index in [4.69, 9.17) is 0 Å². The number of carbonyl (C=O) groups is 2. The van der Waals surface area contributed by atoms with Gasteiger partial charge in [-0.05, 0) is 73.7 Å². The summed E-state index contributed by atoms with van der Waals surface area (Å²) >= 11 is 1.45. The molecule has 2 heterocycles. The second kappa shape index (κ2) is 9.40. The number of nitrogens with one attached hydrogen (secondary N) is 1. The number of aryl methyl sites for hydroxylation is 1. The van der Waals surface area contributed by atoms with Crippen molar-refractivity contribution in [1.29, 1.82) is 0 Å². The summed E-state index contributed by atoms with van der Waals surface area (Å²) in [6, 6.07) is 19.3. The van der Waals surface area contributed by atoms with Gasteiger partial charge in [0.2, 0.25) is 0 Å². The first-order chi connectivity index (χ1) is 15.6. The summed E-state index contributed by atoms with van der Waals surface area (Å²) < 4.78 is 0. The van der Waals surface area contributed by atoms with Crippen LogP contribution in [0.4, 0.5) is 17.1 Å². The zero-order chi connectivity index (χ0) is 22.7. The van der Waals surface area contributed by atoms with Crippen LogP contribution in [0.25, 0.3) is 5.57 Å². The van der Waals surface area contributed by atoms with Crippen molar-refractivity contribution in [2.24, 2.45) is 0 Å². The third kappa shape index (κ3) is 4.06. The number of hydrogen-bond acceptors (Lipinski definition) is 5. The third-order valence-corrected chi connectivity index (χ3v) is 6.61. The number of anilines is 3. The summed E-state index contributed by atoms with van der Waals surface area (Å²) in [6.45, 7) is 8.10. The van der Waals surface area contributed by atoms with E-state index in [-0.39, 0.29) is 11.8 Å². The number of carbonyl (C=O) groups excluding carboxylic acids is 2. The van der Waals surface area contributed by atoms with Crippen molar-refractivity contribution in [3.8, 4) is 0 Å². The Kier molecular flexibility index (Phi) is 6.42. The van der Waals surface area contributed by atoms with Gasteiger partial charge in [-0.1, -0.05) is 25.1 Å². The molecule has 3 aromatic rings. The van der Waals surface area contributed by atoms with Crippen LogP contribution in [0.2, 0.25) is 0 Å². The molecule has 0 aliphatic carbocycles. The molecule has 32 heavy (non-hydrogen) atoms. The zero-order valence-corrected chi connectivity index (χ0v) is 19.4. The summed E-state index contributed by atoms with van der Waals surface area (Å²) in [5.41, 5.74) is 4.37. The minimum atomic E-state index is -0.339. The molecule has 1 N–H and O–H groups in total. The van der Waals surface area contributed by atoms with Crippen LogP contribution < -0.4 is 15.1 Å². The molecule has 0 unspecified atom stereocenters. The molecule has 0 saturated carbocycles. The highest BCUT2D eigenvalue weighted by Crippen LogP contribution is 2.36. The molecule has 1 aliphatic heterocycles. The molecule has 5 nitrogen and oxygen atoms in total. The van der Waals surface area contributed by atoms with Crippen LogP contribution in [0.15, 0.2) is 71.7 Å². The van der Waals surface area contributed by atoms with Gasteiger partial charge in [-0.25, -0.2) is 4.90 Å². The van der Waals surface area contributed by atoms with Crippen molar-refractivity contribution in [3.05, 3.63) is 82.2 Å². The van der Waals surface area contributed by atoms with Crippen molar-refractivity contribution >= 4 is 45.8 Å². The van der Waals surface area contributed by atoms with E-state index < -0.39 is 0 Å². The van der Waals surface area contributed by atoms with Crippen molar-refractivity contribution in [3.63, 3.8) is 0 Å². The van der Waals surface area contributed by atoms with E-state index in [2.05, 4.69) is 31.0 Å². The Hall–Kier alpha value is -3.38. The fourth-order valence-electron chi connectivity index (χ4n) is 3.90. The summed E-state index contributed by atoms with van der Waals surface area (Å²) in [4.78, 5) is 31.2. The Morgan fingerprint density at radius 3 is 2.12 bits per heavy atom. The molecule has 0 spiro atoms. The van der Waals surface area contributed by atoms with Crippen molar-refractivity contribution in [2.45, 2.75) is 27.2 Å². The Balaban J connectivity index is 1.69. The molecule has 0 fully saturated rings. The van der Waals surface area contributed by atoms with Gasteiger partial charge >= 0.3 is 0 Å². The second-order valence-electron chi connectivity index (χ2n) is 7.54. The highest BCUT2D eigenvalue weighted by atomic mass is 32.1. The normalized spacial score (nSPS) is 13.8. The average molecular weight is 446 g/mol. The monoisotopic (exact) mass is 445 g/mol. The topological polar surface area (TPSA) is 52.7 Å². The van der Waals surface area contributed by atoms with Crippen LogP contribution >= 0.6 is 11.3 Å². The summed E-state index contributed by atoms with van der Waals surface area (Å²) in [5.74, 6) is -0.644. The highest BCUT2D eigenvalue weighted by Gasteiger charge is 2.40. The molecule has 4 rings (SSSR count). The number of rotatable bonds is 8. The summed E-state index contributed by atoms with van der Waals surface area (Å²) in [6.07, 6.45) is 0.943. The molecule has 6 heteroatoms. The maximum absolute atomic E-state index is 13.5. The first-order valence-corrected chi connectivity index (χ1v) is 11.8. The molecule has 2 amide bonds. The summed E-state index contributed by atoms with van der Waals surface area (Å²) in [5, 5.41) is 5.14. The van der Waals surface area contributed by atoms with E-state index >= 15 is 0 Å². The molecule has 0 radical (unpaired) electrons. The molecule has 0 atom stereocenters. The predicted molar refractivity (Wildman–Crippen MR) is 133 cm³/mol. The van der Waals surface area contributed by atoms with Gasteiger partial charge in [-0.15, -0.1) is 11.3 Å².